The standard InChI is InChI=1S/C17H20N2O4S/c1-13-2-8-16(9-3-13)24(22,23)19(12-17(20)21)11-10-14-4-6-15(18)7-5-14/h2-9H,10-12,18H2,1H3,(H,20,21). The Morgan fingerprint density at radius 2 is 1.67 bits per heavy atom. The van der Waals surface area contributed by atoms with Gasteiger partial charge in [-0.25, -0.2) is 8.42 Å². The molecule has 0 spiro atoms. The highest BCUT2D eigenvalue weighted by atomic mass is 32.2. The first-order valence-corrected chi connectivity index (χ1v) is 8.86. The van der Waals surface area contributed by atoms with Crippen LogP contribution in [0, 0.1) is 6.92 Å². The molecular formula is C17H20N2O4S. The number of carboxylic acid groups (broad SMARTS) is 1. The number of hydrogen-bond acceptors (Lipinski definition) is 4. The monoisotopic (exact) mass is 348 g/mol. The summed E-state index contributed by atoms with van der Waals surface area (Å²) >= 11 is 0. The quantitative estimate of drug-likeness (QED) is 0.744. The minimum Gasteiger partial charge on any atom is -0.480 e. The number of aliphatic carboxylic acids is 1. The summed E-state index contributed by atoms with van der Waals surface area (Å²) < 4.78 is 26.4. The van der Waals surface area contributed by atoms with E-state index in [1.54, 1.807) is 36.4 Å². The molecule has 2 aromatic rings. The summed E-state index contributed by atoms with van der Waals surface area (Å²) in [6.45, 7) is 1.35. The topological polar surface area (TPSA) is 101 Å². The van der Waals surface area contributed by atoms with Crippen molar-refractivity contribution in [2.45, 2.75) is 18.2 Å². The van der Waals surface area contributed by atoms with Crippen LogP contribution in [0.4, 0.5) is 5.69 Å². The Hall–Kier alpha value is -2.38. The molecule has 0 bridgehead atoms. The lowest BCUT2D eigenvalue weighted by molar-refractivity contribution is -0.137. The number of rotatable bonds is 7. The van der Waals surface area contributed by atoms with E-state index in [0.717, 1.165) is 15.4 Å². The van der Waals surface area contributed by atoms with Crippen LogP contribution < -0.4 is 5.73 Å². The summed E-state index contributed by atoms with van der Waals surface area (Å²) in [7, 11) is -3.86. The number of aryl methyl sites for hydroxylation is 1. The van der Waals surface area contributed by atoms with Gasteiger partial charge in [-0.3, -0.25) is 4.79 Å². The first kappa shape index (κ1) is 18.0. The molecule has 2 rings (SSSR count). The van der Waals surface area contributed by atoms with Crippen molar-refractivity contribution in [2.24, 2.45) is 0 Å². The third kappa shape index (κ3) is 4.56. The summed E-state index contributed by atoms with van der Waals surface area (Å²) in [4.78, 5) is 11.2. The van der Waals surface area contributed by atoms with Gasteiger partial charge in [-0.15, -0.1) is 0 Å². The van der Waals surface area contributed by atoms with E-state index < -0.39 is 22.5 Å². The zero-order chi connectivity index (χ0) is 17.7. The molecule has 3 N–H and O–H groups in total. The van der Waals surface area contributed by atoms with Gasteiger partial charge in [-0.05, 0) is 43.2 Å². The first-order chi connectivity index (χ1) is 11.3. The molecule has 7 heteroatoms. The smallest absolute Gasteiger partial charge is 0.318 e. The molecule has 0 aliphatic rings. The number of carbonyl (C=O) groups is 1. The van der Waals surface area contributed by atoms with Crippen molar-refractivity contribution in [3.8, 4) is 0 Å². The van der Waals surface area contributed by atoms with E-state index in [-0.39, 0.29) is 11.4 Å². The lowest BCUT2D eigenvalue weighted by atomic mass is 10.1. The number of sulfonamides is 1. The van der Waals surface area contributed by atoms with Gasteiger partial charge in [0.15, 0.2) is 0 Å². The Bertz CT molecular complexity index is 799. The Kier molecular flexibility index (Phi) is 5.58. The van der Waals surface area contributed by atoms with Crippen LogP contribution in [0.15, 0.2) is 53.4 Å². The maximum Gasteiger partial charge on any atom is 0.318 e. The lowest BCUT2D eigenvalue weighted by Gasteiger charge is -2.20. The molecule has 0 atom stereocenters. The average Bonchev–Trinajstić information content (AvgIpc) is 2.53. The second-order valence-corrected chi connectivity index (χ2v) is 7.47. The lowest BCUT2D eigenvalue weighted by Crippen LogP contribution is -2.37. The van der Waals surface area contributed by atoms with E-state index in [9.17, 15) is 13.2 Å². The minimum absolute atomic E-state index is 0.0758. The normalized spacial score (nSPS) is 11.6. The van der Waals surface area contributed by atoms with Gasteiger partial charge in [0.2, 0.25) is 10.0 Å². The van der Waals surface area contributed by atoms with Crippen molar-refractivity contribution in [3.63, 3.8) is 0 Å². The van der Waals surface area contributed by atoms with Gasteiger partial charge in [-0.1, -0.05) is 29.8 Å². The number of hydrogen-bond donors (Lipinski definition) is 2. The van der Waals surface area contributed by atoms with Crippen LogP contribution in [0.3, 0.4) is 0 Å². The fourth-order valence-corrected chi connectivity index (χ4v) is 3.62. The second kappa shape index (κ2) is 7.46. The van der Waals surface area contributed by atoms with Crippen LogP contribution >= 0.6 is 0 Å². The highest BCUT2D eigenvalue weighted by Gasteiger charge is 2.26. The van der Waals surface area contributed by atoms with E-state index in [2.05, 4.69) is 0 Å². The summed E-state index contributed by atoms with van der Waals surface area (Å²) in [6.07, 6.45) is 0.401. The van der Waals surface area contributed by atoms with Gasteiger partial charge in [0.25, 0.3) is 0 Å². The van der Waals surface area contributed by atoms with E-state index in [0.29, 0.717) is 12.1 Å². The van der Waals surface area contributed by atoms with Gasteiger partial charge >= 0.3 is 5.97 Å². The molecule has 0 amide bonds. The van der Waals surface area contributed by atoms with Crippen molar-refractivity contribution in [1.82, 2.24) is 4.31 Å². The van der Waals surface area contributed by atoms with Crippen LogP contribution in [0.5, 0.6) is 0 Å². The molecule has 24 heavy (non-hydrogen) atoms. The number of benzene rings is 2. The third-order valence-electron chi connectivity index (χ3n) is 3.60. The van der Waals surface area contributed by atoms with Gasteiger partial charge in [0, 0.05) is 12.2 Å². The predicted octanol–water partition coefficient (Wildman–Crippen LogP) is 1.90. The number of nitrogen functional groups attached to an aromatic ring is 1. The largest absolute Gasteiger partial charge is 0.480 e. The van der Waals surface area contributed by atoms with Crippen molar-refractivity contribution in [1.29, 1.82) is 0 Å². The van der Waals surface area contributed by atoms with Crippen molar-refractivity contribution in [2.75, 3.05) is 18.8 Å². The average molecular weight is 348 g/mol. The molecule has 0 aliphatic carbocycles. The molecule has 0 aromatic heterocycles. The SMILES string of the molecule is Cc1ccc(S(=O)(=O)N(CCc2ccc(N)cc2)CC(=O)O)cc1. The highest BCUT2D eigenvalue weighted by Crippen LogP contribution is 2.17. The number of nitrogens with zero attached hydrogens (tertiary/aromatic N) is 1. The zero-order valence-corrected chi connectivity index (χ0v) is 14.2. The Morgan fingerprint density at radius 1 is 1.08 bits per heavy atom. The van der Waals surface area contributed by atoms with Gasteiger partial charge in [-0.2, -0.15) is 4.31 Å². The molecule has 0 fully saturated rings. The molecule has 6 nitrogen and oxygen atoms in total. The first-order valence-electron chi connectivity index (χ1n) is 7.42. The Balaban J connectivity index is 2.21. The van der Waals surface area contributed by atoms with E-state index in [1.807, 2.05) is 6.92 Å². The summed E-state index contributed by atoms with van der Waals surface area (Å²) in [5.41, 5.74) is 8.06. The van der Waals surface area contributed by atoms with Crippen LogP contribution in [-0.2, 0) is 21.2 Å². The fraction of sp³-hybridized carbons (Fsp3) is 0.235. The number of anilines is 1. The van der Waals surface area contributed by atoms with E-state index in [4.69, 9.17) is 10.8 Å². The molecule has 0 radical (unpaired) electrons. The molecule has 0 saturated carbocycles. The summed E-state index contributed by atoms with van der Waals surface area (Å²) in [6, 6.07) is 13.4. The van der Waals surface area contributed by atoms with Crippen LogP contribution in [0.1, 0.15) is 11.1 Å². The van der Waals surface area contributed by atoms with E-state index >= 15 is 0 Å². The third-order valence-corrected chi connectivity index (χ3v) is 5.46. The Morgan fingerprint density at radius 3 is 2.21 bits per heavy atom. The van der Waals surface area contributed by atoms with Crippen LogP contribution in [0.25, 0.3) is 0 Å². The molecule has 0 saturated heterocycles. The minimum atomic E-state index is -3.86. The van der Waals surface area contributed by atoms with Crippen molar-refractivity contribution in [3.05, 3.63) is 59.7 Å². The summed E-state index contributed by atoms with van der Waals surface area (Å²) in [5, 5.41) is 9.05. The zero-order valence-electron chi connectivity index (χ0n) is 13.3. The van der Waals surface area contributed by atoms with E-state index in [1.165, 1.54) is 12.1 Å². The van der Waals surface area contributed by atoms with Gasteiger partial charge < -0.3 is 10.8 Å². The maximum absolute atomic E-state index is 12.7. The summed E-state index contributed by atoms with van der Waals surface area (Å²) in [5.74, 6) is -1.19. The molecule has 0 unspecified atom stereocenters. The number of carboxylic acids is 1. The Labute approximate surface area is 141 Å². The highest BCUT2D eigenvalue weighted by molar-refractivity contribution is 7.89. The van der Waals surface area contributed by atoms with Crippen LogP contribution in [-0.4, -0.2) is 36.9 Å². The fourth-order valence-electron chi connectivity index (χ4n) is 2.23. The van der Waals surface area contributed by atoms with Crippen LogP contribution in [0.2, 0.25) is 0 Å². The van der Waals surface area contributed by atoms with Crippen molar-refractivity contribution >= 4 is 21.7 Å². The maximum atomic E-state index is 12.7. The van der Waals surface area contributed by atoms with Gasteiger partial charge in [0.1, 0.15) is 6.54 Å². The van der Waals surface area contributed by atoms with Crippen molar-refractivity contribution < 1.29 is 18.3 Å². The molecule has 0 aliphatic heterocycles. The second-order valence-electron chi connectivity index (χ2n) is 5.54. The molecule has 128 valence electrons. The molecule has 2 aromatic carbocycles. The number of nitrogens with two attached hydrogens (primary N) is 1. The molecule has 0 heterocycles. The molecular weight excluding hydrogens is 328 g/mol. The van der Waals surface area contributed by atoms with Gasteiger partial charge in [0.05, 0.1) is 4.90 Å². The predicted molar refractivity (Wildman–Crippen MR) is 92.1 cm³/mol.